The summed E-state index contributed by atoms with van der Waals surface area (Å²) in [6.07, 6.45) is 2.67. The number of carboxylic acid groups (broad SMARTS) is 1. The highest BCUT2D eigenvalue weighted by atomic mass is 32.2. The number of aromatic carboxylic acids is 1. The minimum atomic E-state index is -4.08. The van der Waals surface area contributed by atoms with Gasteiger partial charge in [-0.25, -0.2) is 17.9 Å². The van der Waals surface area contributed by atoms with E-state index in [4.69, 9.17) is 10.8 Å². The molecular formula is C13H18N2O5S. The molecule has 0 atom stereocenters. The van der Waals surface area contributed by atoms with Crippen molar-refractivity contribution in [2.24, 2.45) is 0 Å². The SMILES string of the molecule is Nc1ccc(C(=O)O)c(S(=O)(=O)NC2(CO)CCCC2)c1. The number of benzene rings is 1. The number of hydrogen-bond donors (Lipinski definition) is 4. The van der Waals surface area contributed by atoms with Gasteiger partial charge in [-0.15, -0.1) is 0 Å². The first-order valence-electron chi connectivity index (χ1n) is 6.57. The van der Waals surface area contributed by atoms with Crippen molar-refractivity contribution in [3.8, 4) is 0 Å². The summed E-state index contributed by atoms with van der Waals surface area (Å²) in [5, 5.41) is 18.6. The van der Waals surface area contributed by atoms with E-state index < -0.39 is 21.5 Å². The van der Waals surface area contributed by atoms with Gasteiger partial charge in [0.15, 0.2) is 0 Å². The average Bonchev–Trinajstić information content (AvgIpc) is 2.86. The Balaban J connectivity index is 2.44. The van der Waals surface area contributed by atoms with Crippen molar-refractivity contribution < 1.29 is 23.4 Å². The van der Waals surface area contributed by atoms with Gasteiger partial charge in [0, 0.05) is 5.69 Å². The molecule has 5 N–H and O–H groups in total. The van der Waals surface area contributed by atoms with Crippen LogP contribution in [-0.4, -0.2) is 36.7 Å². The van der Waals surface area contributed by atoms with Crippen LogP contribution in [0.15, 0.2) is 23.1 Å². The van der Waals surface area contributed by atoms with Crippen molar-refractivity contribution >= 4 is 21.7 Å². The van der Waals surface area contributed by atoms with Crippen molar-refractivity contribution in [2.45, 2.75) is 36.1 Å². The molecule has 1 fully saturated rings. The standard InChI is InChI=1S/C13H18N2O5S/c14-9-3-4-10(12(17)18)11(7-9)21(19,20)15-13(8-16)5-1-2-6-13/h3-4,7,15-16H,1-2,5-6,8,14H2,(H,17,18). The molecule has 0 saturated heterocycles. The van der Waals surface area contributed by atoms with E-state index in [1.165, 1.54) is 6.07 Å². The third kappa shape index (κ3) is 3.17. The first-order valence-corrected chi connectivity index (χ1v) is 8.06. The molecule has 21 heavy (non-hydrogen) atoms. The summed E-state index contributed by atoms with van der Waals surface area (Å²) in [5.74, 6) is -1.35. The normalized spacial score (nSPS) is 17.8. The highest BCUT2D eigenvalue weighted by molar-refractivity contribution is 7.89. The van der Waals surface area contributed by atoms with Gasteiger partial charge >= 0.3 is 5.97 Å². The zero-order chi connectivity index (χ0) is 15.7. The minimum Gasteiger partial charge on any atom is -0.478 e. The molecule has 0 amide bonds. The molecule has 116 valence electrons. The Labute approximate surface area is 122 Å². The Kier molecular flexibility index (Phi) is 4.22. The number of aliphatic hydroxyl groups excluding tert-OH is 1. The maximum Gasteiger partial charge on any atom is 0.337 e. The Morgan fingerprint density at radius 2 is 1.95 bits per heavy atom. The average molecular weight is 314 g/mol. The van der Waals surface area contributed by atoms with Gasteiger partial charge in [-0.05, 0) is 31.0 Å². The number of nitrogens with two attached hydrogens (primary N) is 1. The van der Waals surface area contributed by atoms with E-state index in [-0.39, 0.29) is 22.8 Å². The Bertz CT molecular complexity index is 651. The fourth-order valence-corrected chi connectivity index (χ4v) is 4.31. The fourth-order valence-electron chi connectivity index (χ4n) is 2.62. The largest absolute Gasteiger partial charge is 0.478 e. The van der Waals surface area contributed by atoms with E-state index in [2.05, 4.69) is 4.72 Å². The number of nitrogens with one attached hydrogen (secondary N) is 1. The smallest absolute Gasteiger partial charge is 0.337 e. The molecule has 1 aromatic rings. The van der Waals surface area contributed by atoms with Gasteiger partial charge in [-0.3, -0.25) is 0 Å². The molecule has 1 aliphatic carbocycles. The fraction of sp³-hybridized carbons (Fsp3) is 0.462. The van der Waals surface area contributed by atoms with Crippen LogP contribution in [0.4, 0.5) is 5.69 Å². The number of carboxylic acids is 1. The second-order valence-electron chi connectivity index (χ2n) is 5.31. The van der Waals surface area contributed by atoms with E-state index in [1.54, 1.807) is 0 Å². The number of carbonyl (C=O) groups is 1. The first kappa shape index (κ1) is 15.7. The summed E-state index contributed by atoms with van der Waals surface area (Å²) >= 11 is 0. The van der Waals surface area contributed by atoms with Crippen LogP contribution in [0.2, 0.25) is 0 Å². The first-order chi connectivity index (χ1) is 9.80. The molecule has 0 radical (unpaired) electrons. The van der Waals surface area contributed by atoms with Gasteiger partial charge < -0.3 is 15.9 Å². The molecule has 7 nitrogen and oxygen atoms in total. The van der Waals surface area contributed by atoms with Crippen LogP contribution in [0.25, 0.3) is 0 Å². The zero-order valence-electron chi connectivity index (χ0n) is 11.4. The predicted molar refractivity (Wildman–Crippen MR) is 76.4 cm³/mol. The summed E-state index contributed by atoms with van der Waals surface area (Å²) < 4.78 is 27.4. The molecule has 0 aromatic heterocycles. The van der Waals surface area contributed by atoms with Gasteiger partial charge in [0.25, 0.3) is 0 Å². The van der Waals surface area contributed by atoms with Gasteiger partial charge in [-0.2, -0.15) is 0 Å². The molecule has 8 heteroatoms. The summed E-state index contributed by atoms with van der Waals surface area (Å²) in [5.41, 5.74) is 4.46. The van der Waals surface area contributed by atoms with Gasteiger partial charge in [0.2, 0.25) is 10.0 Å². The lowest BCUT2D eigenvalue weighted by atomic mass is 10.0. The van der Waals surface area contributed by atoms with Crippen LogP contribution in [0, 0.1) is 0 Å². The van der Waals surface area contributed by atoms with Crippen LogP contribution in [-0.2, 0) is 10.0 Å². The summed E-state index contributed by atoms with van der Waals surface area (Å²) in [6, 6.07) is 3.61. The van der Waals surface area contributed by atoms with Crippen LogP contribution in [0.1, 0.15) is 36.0 Å². The summed E-state index contributed by atoms with van der Waals surface area (Å²) in [4.78, 5) is 10.8. The molecule has 2 rings (SSSR count). The van der Waals surface area contributed by atoms with Crippen molar-refractivity contribution in [3.05, 3.63) is 23.8 Å². The van der Waals surface area contributed by atoms with E-state index in [0.29, 0.717) is 12.8 Å². The number of sulfonamides is 1. The van der Waals surface area contributed by atoms with E-state index >= 15 is 0 Å². The van der Waals surface area contributed by atoms with Crippen molar-refractivity contribution in [1.29, 1.82) is 0 Å². The van der Waals surface area contributed by atoms with Crippen molar-refractivity contribution in [2.75, 3.05) is 12.3 Å². The third-order valence-electron chi connectivity index (χ3n) is 3.74. The predicted octanol–water partition coefficient (Wildman–Crippen LogP) is 0.550. The third-order valence-corrected chi connectivity index (χ3v) is 5.36. The summed E-state index contributed by atoms with van der Waals surface area (Å²) in [7, 11) is -4.08. The molecular weight excluding hydrogens is 296 g/mol. The molecule has 0 aliphatic heterocycles. The summed E-state index contributed by atoms with van der Waals surface area (Å²) in [6.45, 7) is -0.322. The Hall–Kier alpha value is -1.64. The number of aliphatic hydroxyl groups is 1. The van der Waals surface area contributed by atoms with Crippen LogP contribution in [0.5, 0.6) is 0 Å². The number of rotatable bonds is 5. The quantitative estimate of drug-likeness (QED) is 0.587. The maximum atomic E-state index is 12.5. The second kappa shape index (κ2) is 5.63. The van der Waals surface area contributed by atoms with E-state index in [0.717, 1.165) is 25.0 Å². The Morgan fingerprint density at radius 3 is 2.48 bits per heavy atom. The van der Waals surface area contributed by atoms with Crippen LogP contribution < -0.4 is 10.5 Å². The highest BCUT2D eigenvalue weighted by Gasteiger charge is 2.38. The van der Waals surface area contributed by atoms with Crippen LogP contribution in [0.3, 0.4) is 0 Å². The van der Waals surface area contributed by atoms with Gasteiger partial charge in [0.05, 0.1) is 22.6 Å². The second-order valence-corrected chi connectivity index (χ2v) is 6.96. The molecule has 0 spiro atoms. The van der Waals surface area contributed by atoms with Crippen LogP contribution >= 0.6 is 0 Å². The number of hydrogen-bond acceptors (Lipinski definition) is 5. The lowest BCUT2D eigenvalue weighted by Gasteiger charge is -2.27. The van der Waals surface area contributed by atoms with Gasteiger partial charge in [-0.1, -0.05) is 12.8 Å². The van der Waals surface area contributed by atoms with Crippen molar-refractivity contribution in [3.63, 3.8) is 0 Å². The zero-order valence-corrected chi connectivity index (χ0v) is 12.2. The molecule has 1 aliphatic rings. The number of nitrogen functional groups attached to an aromatic ring is 1. The number of anilines is 1. The van der Waals surface area contributed by atoms with E-state index in [1.807, 2.05) is 0 Å². The highest BCUT2D eigenvalue weighted by Crippen LogP contribution is 2.31. The molecule has 1 saturated carbocycles. The van der Waals surface area contributed by atoms with E-state index in [9.17, 15) is 18.3 Å². The topological polar surface area (TPSA) is 130 Å². The molecule has 0 bridgehead atoms. The monoisotopic (exact) mass is 314 g/mol. The Morgan fingerprint density at radius 1 is 1.33 bits per heavy atom. The molecule has 0 unspecified atom stereocenters. The molecule has 0 heterocycles. The minimum absolute atomic E-state index is 0.157. The maximum absolute atomic E-state index is 12.5. The van der Waals surface area contributed by atoms with Crippen molar-refractivity contribution in [1.82, 2.24) is 4.72 Å². The van der Waals surface area contributed by atoms with Gasteiger partial charge in [0.1, 0.15) is 0 Å². The lowest BCUT2D eigenvalue weighted by molar-refractivity contribution is 0.0692. The molecule has 1 aromatic carbocycles. The lowest BCUT2D eigenvalue weighted by Crippen LogP contribution is -2.49.